The molecule has 2 amide bonds. The second-order valence-corrected chi connectivity index (χ2v) is 9.31. The van der Waals surface area contributed by atoms with E-state index in [9.17, 15) is 18.5 Å². The van der Waals surface area contributed by atoms with Crippen LogP contribution in [0.25, 0.3) is 16.8 Å². The number of allylic oxidation sites excluding steroid dienone is 1. The molecule has 3 rings (SSSR count). The molecule has 0 bridgehead atoms. The summed E-state index contributed by atoms with van der Waals surface area (Å²) in [6.45, 7) is 0. The highest BCUT2D eigenvalue weighted by molar-refractivity contribution is 9.10. The fourth-order valence-electron chi connectivity index (χ4n) is 2.37. The van der Waals surface area contributed by atoms with Crippen molar-refractivity contribution in [3.8, 4) is 17.3 Å². The molecule has 0 saturated carbocycles. The lowest BCUT2D eigenvalue weighted by atomic mass is 10.2. The molecule has 0 unspecified atom stereocenters. The Morgan fingerprint density at radius 1 is 1.17 bits per heavy atom. The third-order valence-corrected chi connectivity index (χ3v) is 6.54. The van der Waals surface area contributed by atoms with Crippen LogP contribution in [0.5, 0.6) is 0 Å². The summed E-state index contributed by atoms with van der Waals surface area (Å²) in [5.41, 5.74) is 7.43. The van der Waals surface area contributed by atoms with Crippen LogP contribution in [-0.4, -0.2) is 19.4 Å². The van der Waals surface area contributed by atoms with Crippen LogP contribution in [-0.2, 0) is 10.0 Å². The predicted molar refractivity (Wildman–Crippen MR) is 119 cm³/mol. The number of benzene rings is 2. The number of aromatic nitrogens is 1. The second kappa shape index (κ2) is 9.08. The van der Waals surface area contributed by atoms with E-state index >= 15 is 0 Å². The van der Waals surface area contributed by atoms with Crippen LogP contribution in [0, 0.1) is 11.3 Å². The Balaban J connectivity index is 1.76. The highest BCUT2D eigenvalue weighted by Gasteiger charge is 2.15. The summed E-state index contributed by atoms with van der Waals surface area (Å²) in [4.78, 5) is 15.2. The highest BCUT2D eigenvalue weighted by Crippen LogP contribution is 2.27. The van der Waals surface area contributed by atoms with Crippen LogP contribution in [0.4, 0.5) is 10.5 Å². The number of urea groups is 1. The number of nitrogens with two attached hydrogens (primary N) is 1. The van der Waals surface area contributed by atoms with Gasteiger partial charge in [0.1, 0.15) is 16.6 Å². The van der Waals surface area contributed by atoms with Crippen LogP contribution in [0.1, 0.15) is 5.01 Å². The average molecular weight is 504 g/mol. The number of amides is 2. The van der Waals surface area contributed by atoms with Crippen molar-refractivity contribution in [2.45, 2.75) is 4.90 Å². The van der Waals surface area contributed by atoms with Crippen molar-refractivity contribution in [3.63, 3.8) is 0 Å². The number of halogens is 1. The minimum Gasteiger partial charge on any atom is -0.360 e. The van der Waals surface area contributed by atoms with E-state index in [1.54, 1.807) is 4.72 Å². The summed E-state index contributed by atoms with van der Waals surface area (Å²) >= 11 is 4.73. The quantitative estimate of drug-likeness (QED) is 0.436. The molecule has 0 saturated heterocycles. The maximum Gasteiger partial charge on any atom is 0.326 e. The number of thiazole rings is 1. The third-order valence-electron chi connectivity index (χ3n) is 3.78. The van der Waals surface area contributed by atoms with Gasteiger partial charge in [-0.1, -0.05) is 28.1 Å². The molecule has 152 valence electrons. The molecule has 4 N–H and O–H groups in total. The largest absolute Gasteiger partial charge is 0.360 e. The van der Waals surface area contributed by atoms with E-state index in [1.807, 2.05) is 29.6 Å². The topological polar surface area (TPSA) is 138 Å². The molecule has 0 spiro atoms. The van der Waals surface area contributed by atoms with E-state index in [4.69, 9.17) is 5.73 Å². The number of rotatable bonds is 6. The number of carbonyl (C=O) groups is 1. The van der Waals surface area contributed by atoms with Gasteiger partial charge in [0.15, 0.2) is 0 Å². The summed E-state index contributed by atoms with van der Waals surface area (Å²) in [6, 6.07) is 14.2. The molecular formula is C19H14BrN5O3S2. The number of primary amides is 1. The molecule has 3 aromatic rings. The molecule has 1 aromatic heterocycles. The molecule has 0 radical (unpaired) electrons. The fourth-order valence-corrected chi connectivity index (χ4v) is 4.31. The van der Waals surface area contributed by atoms with Gasteiger partial charge in [-0.15, -0.1) is 11.3 Å². The molecule has 0 aliphatic rings. The molecular weight excluding hydrogens is 490 g/mol. The number of hydrogen-bond acceptors (Lipinski definition) is 7. The first-order valence-corrected chi connectivity index (χ1v) is 11.4. The molecule has 8 nitrogen and oxygen atoms in total. The summed E-state index contributed by atoms with van der Waals surface area (Å²) in [5.74, 6) is 0. The molecule has 11 heteroatoms. The summed E-state index contributed by atoms with van der Waals surface area (Å²) < 4.78 is 26.4. The maximum atomic E-state index is 11.9. The molecule has 1 heterocycles. The first kappa shape index (κ1) is 21.5. The van der Waals surface area contributed by atoms with Crippen LogP contribution >= 0.6 is 27.3 Å². The normalized spacial score (nSPS) is 11.5. The Bertz CT molecular complexity index is 1240. The molecule has 30 heavy (non-hydrogen) atoms. The van der Waals surface area contributed by atoms with Gasteiger partial charge >= 0.3 is 6.03 Å². The monoisotopic (exact) mass is 503 g/mol. The number of nitrogens with one attached hydrogen (secondary N) is 2. The zero-order chi connectivity index (χ0) is 21.7. The second-order valence-electron chi connectivity index (χ2n) is 5.85. The first-order valence-electron chi connectivity index (χ1n) is 8.29. The van der Waals surface area contributed by atoms with Crippen molar-refractivity contribution in [2.75, 3.05) is 5.32 Å². The Morgan fingerprint density at radius 3 is 2.43 bits per heavy atom. The van der Waals surface area contributed by atoms with Crippen molar-refractivity contribution in [3.05, 3.63) is 69.6 Å². The Hall–Kier alpha value is -3.20. The van der Waals surface area contributed by atoms with E-state index in [-0.39, 0.29) is 4.90 Å². The lowest BCUT2D eigenvalue weighted by molar-refractivity contribution is 0.253. The minimum absolute atomic E-state index is 0.115. The molecule has 2 aromatic carbocycles. The first-order chi connectivity index (χ1) is 14.3. The lowest BCUT2D eigenvalue weighted by Crippen LogP contribution is -2.34. The Morgan fingerprint density at radius 2 is 1.83 bits per heavy atom. The van der Waals surface area contributed by atoms with Crippen LogP contribution < -0.4 is 15.8 Å². The molecule has 0 atom stereocenters. The Kier molecular flexibility index (Phi) is 6.51. The van der Waals surface area contributed by atoms with Gasteiger partial charge < -0.3 is 11.1 Å². The predicted octanol–water partition coefficient (Wildman–Crippen LogP) is 3.91. The van der Waals surface area contributed by atoms with Gasteiger partial charge in [-0.2, -0.15) is 5.26 Å². The number of hydrogen-bond donors (Lipinski definition) is 3. The van der Waals surface area contributed by atoms with E-state index in [0.717, 1.165) is 15.7 Å². The van der Waals surface area contributed by atoms with Crippen molar-refractivity contribution in [2.24, 2.45) is 5.73 Å². The van der Waals surface area contributed by atoms with Crippen molar-refractivity contribution in [1.82, 2.24) is 9.71 Å². The van der Waals surface area contributed by atoms with Gasteiger partial charge in [0, 0.05) is 27.3 Å². The number of nitriles is 1. The smallest absolute Gasteiger partial charge is 0.326 e. The van der Waals surface area contributed by atoms with Crippen molar-refractivity contribution < 1.29 is 13.2 Å². The van der Waals surface area contributed by atoms with E-state index < -0.39 is 16.1 Å². The van der Waals surface area contributed by atoms with Crippen LogP contribution in [0.2, 0.25) is 0 Å². The third kappa shape index (κ3) is 5.24. The highest BCUT2D eigenvalue weighted by atomic mass is 79.9. The summed E-state index contributed by atoms with van der Waals surface area (Å²) in [7, 11) is -4.01. The van der Waals surface area contributed by atoms with Crippen LogP contribution in [0.3, 0.4) is 0 Å². The standard InChI is InChI=1S/C19H14BrN5O3S2/c20-14-3-1-12(2-4-14)17-11-29-18(24-17)13(9-21)10-23-15-5-7-16(8-6-15)30(27,28)25-19(22)26/h1-8,10-11,23H,(H3,22,25,26). The van der Waals surface area contributed by atoms with E-state index in [1.165, 1.54) is 41.8 Å². The van der Waals surface area contributed by atoms with Gasteiger partial charge in [-0.25, -0.2) is 22.9 Å². The molecule has 0 fully saturated rings. The van der Waals surface area contributed by atoms with Crippen LogP contribution in [0.15, 0.2) is 69.5 Å². The zero-order valence-corrected chi connectivity index (χ0v) is 18.4. The van der Waals surface area contributed by atoms with E-state index in [0.29, 0.717) is 16.3 Å². The summed E-state index contributed by atoms with van der Waals surface area (Å²) in [6.07, 6.45) is 1.50. The number of carbonyl (C=O) groups excluding carboxylic acids is 1. The van der Waals surface area contributed by atoms with Crippen molar-refractivity contribution in [1.29, 1.82) is 5.26 Å². The van der Waals surface area contributed by atoms with E-state index in [2.05, 4.69) is 32.3 Å². The van der Waals surface area contributed by atoms with Gasteiger partial charge in [-0.05, 0) is 36.4 Å². The van der Waals surface area contributed by atoms with Gasteiger partial charge in [-0.3, -0.25) is 0 Å². The lowest BCUT2D eigenvalue weighted by Gasteiger charge is -2.06. The summed E-state index contributed by atoms with van der Waals surface area (Å²) in [5, 5.41) is 14.8. The fraction of sp³-hybridized carbons (Fsp3) is 0. The maximum absolute atomic E-state index is 11.9. The number of anilines is 1. The molecule has 0 aliphatic heterocycles. The minimum atomic E-state index is -4.01. The molecule has 0 aliphatic carbocycles. The van der Waals surface area contributed by atoms with Gasteiger partial charge in [0.2, 0.25) is 0 Å². The average Bonchev–Trinajstić information content (AvgIpc) is 3.18. The number of sulfonamides is 1. The van der Waals surface area contributed by atoms with Gasteiger partial charge in [0.25, 0.3) is 10.0 Å². The zero-order valence-electron chi connectivity index (χ0n) is 15.2. The SMILES string of the molecule is N#CC(=CNc1ccc(S(=O)(=O)NC(N)=O)cc1)c1nc(-c2ccc(Br)cc2)cs1. The number of nitrogens with zero attached hydrogens (tertiary/aromatic N) is 2. The van der Waals surface area contributed by atoms with Gasteiger partial charge in [0.05, 0.1) is 10.6 Å². The van der Waals surface area contributed by atoms with Crippen molar-refractivity contribution >= 4 is 54.6 Å². The Labute approximate surface area is 185 Å².